The molecule has 3 nitrogen and oxygen atoms in total. The van der Waals surface area contributed by atoms with Crippen LogP contribution in [0.4, 0.5) is 13.2 Å². The monoisotopic (exact) mass is 321 g/mol. The minimum Gasteiger partial charge on any atom is -0.497 e. The van der Waals surface area contributed by atoms with Gasteiger partial charge in [0.25, 0.3) is 0 Å². The quantitative estimate of drug-likeness (QED) is 0.803. The Morgan fingerprint density at radius 1 is 1.39 bits per heavy atom. The highest BCUT2D eigenvalue weighted by Gasteiger charge is 2.40. The molecule has 0 N–H and O–H groups in total. The lowest BCUT2D eigenvalue weighted by atomic mass is 10.2. The van der Waals surface area contributed by atoms with E-state index < -0.39 is 12.1 Å². The fourth-order valence-electron chi connectivity index (χ4n) is 1.60. The number of halogens is 4. The zero-order valence-electron chi connectivity index (χ0n) is 9.08. The van der Waals surface area contributed by atoms with Gasteiger partial charge in [0.15, 0.2) is 0 Å². The van der Waals surface area contributed by atoms with E-state index in [1.807, 2.05) is 0 Å². The molecule has 0 spiro atoms. The fourth-order valence-corrected chi connectivity index (χ4v) is 2.17. The van der Waals surface area contributed by atoms with Gasteiger partial charge in [0, 0.05) is 22.1 Å². The molecule has 18 heavy (non-hydrogen) atoms. The number of fused-ring (bicyclic) bond motifs is 1. The number of methoxy groups -OCH3 is 1. The molecule has 0 radical (unpaired) electrons. The smallest absolute Gasteiger partial charge is 0.472 e. The SMILES string of the molecule is COc1cc(Br)c2ccn(C(=O)C(F)(F)F)c2c1. The molecule has 0 aliphatic rings. The molecule has 2 rings (SSSR count). The Morgan fingerprint density at radius 3 is 2.61 bits per heavy atom. The summed E-state index contributed by atoms with van der Waals surface area (Å²) in [6.07, 6.45) is -3.83. The van der Waals surface area contributed by atoms with E-state index >= 15 is 0 Å². The average molecular weight is 322 g/mol. The Bertz CT molecular complexity index is 619. The largest absolute Gasteiger partial charge is 0.497 e. The van der Waals surface area contributed by atoms with E-state index in [1.165, 1.54) is 19.2 Å². The highest BCUT2D eigenvalue weighted by Crippen LogP contribution is 2.31. The number of alkyl halides is 3. The molecule has 1 aromatic heterocycles. The third kappa shape index (κ3) is 2.10. The van der Waals surface area contributed by atoms with E-state index in [2.05, 4.69) is 15.9 Å². The summed E-state index contributed by atoms with van der Waals surface area (Å²) in [7, 11) is 1.40. The third-order valence-corrected chi connectivity index (χ3v) is 3.08. The standard InChI is InChI=1S/C11H7BrF3NO2/c1-18-6-4-8(12)7-2-3-16(9(7)5-6)10(17)11(13,14)15/h2-5H,1H3. The number of aromatic nitrogens is 1. The van der Waals surface area contributed by atoms with Crippen molar-refractivity contribution < 1.29 is 22.7 Å². The molecule has 0 unspecified atom stereocenters. The van der Waals surface area contributed by atoms with Gasteiger partial charge in [0.1, 0.15) is 5.75 Å². The van der Waals surface area contributed by atoms with E-state index in [0.29, 0.717) is 20.2 Å². The van der Waals surface area contributed by atoms with Crippen LogP contribution in [0.5, 0.6) is 5.75 Å². The number of hydrogen-bond acceptors (Lipinski definition) is 2. The van der Waals surface area contributed by atoms with Gasteiger partial charge >= 0.3 is 12.1 Å². The Balaban J connectivity index is 2.67. The Hall–Kier alpha value is -1.50. The summed E-state index contributed by atoms with van der Waals surface area (Å²) in [5.74, 6) is -1.57. The van der Waals surface area contributed by atoms with Gasteiger partial charge in [-0.1, -0.05) is 0 Å². The zero-order chi connectivity index (χ0) is 13.5. The lowest BCUT2D eigenvalue weighted by Crippen LogP contribution is -2.28. The maximum atomic E-state index is 12.4. The highest BCUT2D eigenvalue weighted by atomic mass is 79.9. The first kappa shape index (κ1) is 12.9. The van der Waals surface area contributed by atoms with Gasteiger partial charge < -0.3 is 4.74 Å². The van der Waals surface area contributed by atoms with Crippen molar-refractivity contribution in [3.63, 3.8) is 0 Å². The second-order valence-electron chi connectivity index (χ2n) is 3.53. The van der Waals surface area contributed by atoms with Crippen LogP contribution < -0.4 is 4.74 Å². The fraction of sp³-hybridized carbons (Fsp3) is 0.182. The first-order valence-corrected chi connectivity index (χ1v) is 5.60. The number of hydrogen-bond donors (Lipinski definition) is 0. The highest BCUT2D eigenvalue weighted by molar-refractivity contribution is 9.10. The summed E-state index contributed by atoms with van der Waals surface area (Å²) in [6, 6.07) is 4.43. The van der Waals surface area contributed by atoms with Crippen molar-refractivity contribution in [2.75, 3.05) is 7.11 Å². The molecule has 0 atom stereocenters. The molecule has 2 aromatic rings. The second kappa shape index (κ2) is 4.31. The molecule has 0 amide bonds. The van der Waals surface area contributed by atoms with Crippen LogP contribution in [-0.2, 0) is 0 Å². The number of rotatable bonds is 1. The van der Waals surface area contributed by atoms with Crippen molar-refractivity contribution in [2.45, 2.75) is 6.18 Å². The molecule has 0 fully saturated rings. The predicted molar refractivity (Wildman–Crippen MR) is 62.9 cm³/mol. The molecule has 1 aromatic carbocycles. The van der Waals surface area contributed by atoms with Crippen LogP contribution in [0, 0.1) is 0 Å². The Labute approximate surface area is 108 Å². The summed E-state index contributed by atoms with van der Waals surface area (Å²) in [6.45, 7) is 0. The molecule has 0 saturated heterocycles. The molecule has 0 aliphatic carbocycles. The van der Waals surface area contributed by atoms with Gasteiger partial charge in [-0.2, -0.15) is 13.2 Å². The number of nitrogens with zero attached hydrogens (tertiary/aromatic N) is 1. The van der Waals surface area contributed by atoms with Gasteiger partial charge in [-0.15, -0.1) is 0 Å². The van der Waals surface area contributed by atoms with Crippen LogP contribution in [0.3, 0.4) is 0 Å². The molecular formula is C11H7BrF3NO2. The van der Waals surface area contributed by atoms with Crippen LogP contribution in [0.1, 0.15) is 4.79 Å². The Kier molecular flexibility index (Phi) is 3.10. The topological polar surface area (TPSA) is 31.2 Å². The maximum absolute atomic E-state index is 12.4. The predicted octanol–water partition coefficient (Wildman–Crippen LogP) is 3.61. The molecule has 1 heterocycles. The molecule has 0 aliphatic heterocycles. The van der Waals surface area contributed by atoms with Crippen LogP contribution in [0.2, 0.25) is 0 Å². The van der Waals surface area contributed by atoms with Crippen molar-refractivity contribution in [3.05, 3.63) is 28.9 Å². The van der Waals surface area contributed by atoms with E-state index in [9.17, 15) is 18.0 Å². The first-order chi connectivity index (χ1) is 8.34. The lowest BCUT2D eigenvalue weighted by molar-refractivity contribution is -0.0942. The van der Waals surface area contributed by atoms with Gasteiger partial charge in [0.05, 0.1) is 12.6 Å². The molecule has 7 heteroatoms. The summed E-state index contributed by atoms with van der Waals surface area (Å²) >= 11 is 3.22. The van der Waals surface area contributed by atoms with Gasteiger partial charge in [-0.3, -0.25) is 9.36 Å². The van der Waals surface area contributed by atoms with Crippen LogP contribution in [0.15, 0.2) is 28.9 Å². The maximum Gasteiger partial charge on any atom is 0.472 e. The van der Waals surface area contributed by atoms with Crippen molar-refractivity contribution in [2.24, 2.45) is 0 Å². The van der Waals surface area contributed by atoms with Gasteiger partial charge in [-0.25, -0.2) is 0 Å². The van der Waals surface area contributed by atoms with E-state index in [1.54, 1.807) is 6.07 Å². The summed E-state index contributed by atoms with van der Waals surface area (Å²) in [5, 5.41) is 0.508. The van der Waals surface area contributed by atoms with Crippen molar-refractivity contribution in [1.29, 1.82) is 0 Å². The van der Waals surface area contributed by atoms with E-state index in [0.717, 1.165) is 6.20 Å². The van der Waals surface area contributed by atoms with E-state index in [-0.39, 0.29) is 5.52 Å². The van der Waals surface area contributed by atoms with Crippen LogP contribution >= 0.6 is 15.9 Å². The van der Waals surface area contributed by atoms with Crippen molar-refractivity contribution in [1.82, 2.24) is 4.57 Å². The van der Waals surface area contributed by atoms with Crippen LogP contribution in [0.25, 0.3) is 10.9 Å². The number of carbonyl (C=O) groups is 1. The van der Waals surface area contributed by atoms with E-state index in [4.69, 9.17) is 4.74 Å². The second-order valence-corrected chi connectivity index (χ2v) is 4.39. The third-order valence-electron chi connectivity index (χ3n) is 2.43. The Morgan fingerprint density at radius 2 is 2.06 bits per heavy atom. The van der Waals surface area contributed by atoms with Crippen LogP contribution in [-0.4, -0.2) is 23.8 Å². The molecule has 96 valence electrons. The van der Waals surface area contributed by atoms with Gasteiger partial charge in [-0.05, 0) is 28.1 Å². The van der Waals surface area contributed by atoms with Crippen molar-refractivity contribution >= 4 is 32.7 Å². The van der Waals surface area contributed by atoms with Crippen molar-refractivity contribution in [3.8, 4) is 5.75 Å². The average Bonchev–Trinajstić information content (AvgIpc) is 2.70. The number of ether oxygens (including phenoxy) is 1. The first-order valence-electron chi connectivity index (χ1n) is 4.80. The lowest BCUT2D eigenvalue weighted by Gasteiger charge is -2.08. The summed E-state index contributed by atoms with van der Waals surface area (Å²) in [5.41, 5.74) is 0.142. The normalized spacial score (nSPS) is 11.8. The zero-order valence-corrected chi connectivity index (χ0v) is 10.7. The molecule has 0 saturated carbocycles. The molecular weight excluding hydrogens is 315 g/mol. The minimum atomic E-state index is -4.92. The van der Waals surface area contributed by atoms with Gasteiger partial charge in [0.2, 0.25) is 0 Å². The summed E-state index contributed by atoms with van der Waals surface area (Å²) in [4.78, 5) is 11.2. The number of benzene rings is 1. The number of carbonyl (C=O) groups excluding carboxylic acids is 1. The summed E-state index contributed by atoms with van der Waals surface area (Å²) < 4.78 is 43.3. The molecule has 0 bridgehead atoms. The minimum absolute atomic E-state index is 0.142.